The van der Waals surface area contributed by atoms with E-state index >= 15 is 0 Å². The van der Waals surface area contributed by atoms with Crippen molar-refractivity contribution < 1.29 is 4.52 Å². The smallest absolute Gasteiger partial charge is 0.227 e. The van der Waals surface area contributed by atoms with Crippen molar-refractivity contribution in [1.29, 1.82) is 0 Å². The molecule has 2 N–H and O–H groups in total. The minimum Gasteiger partial charge on any atom is -0.339 e. The molecule has 0 spiro atoms. The van der Waals surface area contributed by atoms with Gasteiger partial charge in [0.05, 0.1) is 0 Å². The van der Waals surface area contributed by atoms with Gasteiger partial charge in [0, 0.05) is 18.5 Å². The minimum absolute atomic E-state index is 0. The molecular formula is C19H22ClN3O. The highest BCUT2D eigenvalue weighted by Gasteiger charge is 2.08. The summed E-state index contributed by atoms with van der Waals surface area (Å²) in [6.07, 6.45) is 2.72. The monoisotopic (exact) mass is 343 g/mol. The maximum absolute atomic E-state index is 5.61. The van der Waals surface area contributed by atoms with Crippen LogP contribution >= 0.6 is 12.4 Å². The number of aryl methyl sites for hydroxylation is 3. The Bertz CT molecular complexity index is 751. The summed E-state index contributed by atoms with van der Waals surface area (Å²) >= 11 is 0. The lowest BCUT2D eigenvalue weighted by molar-refractivity contribution is 0.379. The zero-order valence-corrected chi connectivity index (χ0v) is 14.6. The third kappa shape index (κ3) is 4.43. The lowest BCUT2D eigenvalue weighted by Crippen LogP contribution is -1.95. The van der Waals surface area contributed by atoms with E-state index in [2.05, 4.69) is 41.3 Å². The average molecular weight is 344 g/mol. The number of halogens is 1. The predicted molar refractivity (Wildman–Crippen MR) is 98.1 cm³/mol. The quantitative estimate of drug-likeness (QED) is 0.735. The fourth-order valence-electron chi connectivity index (χ4n) is 2.46. The van der Waals surface area contributed by atoms with Gasteiger partial charge in [0.15, 0.2) is 0 Å². The van der Waals surface area contributed by atoms with Gasteiger partial charge in [0.1, 0.15) is 0 Å². The molecule has 3 rings (SSSR count). The number of rotatable bonds is 6. The van der Waals surface area contributed by atoms with Crippen LogP contribution in [0, 0.1) is 0 Å². The number of hydrogen-bond acceptors (Lipinski definition) is 4. The first-order valence-corrected chi connectivity index (χ1v) is 7.98. The summed E-state index contributed by atoms with van der Waals surface area (Å²) in [5.74, 6) is 1.30. The largest absolute Gasteiger partial charge is 0.339 e. The second-order valence-electron chi connectivity index (χ2n) is 5.58. The molecule has 0 saturated carbocycles. The van der Waals surface area contributed by atoms with E-state index in [9.17, 15) is 0 Å². The third-order valence-corrected chi connectivity index (χ3v) is 3.97. The van der Waals surface area contributed by atoms with E-state index in [4.69, 9.17) is 10.3 Å². The van der Waals surface area contributed by atoms with Gasteiger partial charge in [-0.15, -0.1) is 12.4 Å². The van der Waals surface area contributed by atoms with E-state index in [1.54, 1.807) is 0 Å². The summed E-state index contributed by atoms with van der Waals surface area (Å²) in [5, 5.41) is 4.06. The molecule has 0 aliphatic heterocycles. The molecule has 126 valence electrons. The fourth-order valence-corrected chi connectivity index (χ4v) is 2.46. The highest BCUT2D eigenvalue weighted by Crippen LogP contribution is 2.17. The molecule has 5 heteroatoms. The standard InChI is InChI=1S/C19H21N3O.ClH/c1-2-14-3-5-15(6-4-14)9-12-18-21-19(22-23-18)17-10-7-16(13-20)8-11-17;/h3-8,10-11H,2,9,12-13,20H2,1H3;1H. The van der Waals surface area contributed by atoms with Gasteiger partial charge in [-0.3, -0.25) is 0 Å². The van der Waals surface area contributed by atoms with Crippen molar-refractivity contribution in [3.8, 4) is 11.4 Å². The molecule has 0 aliphatic rings. The van der Waals surface area contributed by atoms with Gasteiger partial charge < -0.3 is 10.3 Å². The van der Waals surface area contributed by atoms with Gasteiger partial charge in [-0.25, -0.2) is 0 Å². The average Bonchev–Trinajstić information content (AvgIpc) is 3.09. The molecule has 0 saturated heterocycles. The number of nitrogens with zero attached hydrogens (tertiary/aromatic N) is 2. The molecule has 1 heterocycles. The Morgan fingerprint density at radius 3 is 2.12 bits per heavy atom. The molecule has 4 nitrogen and oxygen atoms in total. The topological polar surface area (TPSA) is 64.9 Å². The highest BCUT2D eigenvalue weighted by molar-refractivity contribution is 5.85. The van der Waals surface area contributed by atoms with Gasteiger partial charge in [-0.05, 0) is 29.5 Å². The van der Waals surface area contributed by atoms with Crippen LogP contribution < -0.4 is 5.73 Å². The van der Waals surface area contributed by atoms with Crippen molar-refractivity contribution >= 4 is 12.4 Å². The normalized spacial score (nSPS) is 10.4. The summed E-state index contributed by atoms with van der Waals surface area (Å²) in [6, 6.07) is 16.6. The molecule has 0 unspecified atom stereocenters. The van der Waals surface area contributed by atoms with E-state index in [0.29, 0.717) is 18.3 Å². The van der Waals surface area contributed by atoms with Crippen LogP contribution in [0.25, 0.3) is 11.4 Å². The lowest BCUT2D eigenvalue weighted by Gasteiger charge is -2.00. The third-order valence-electron chi connectivity index (χ3n) is 3.97. The van der Waals surface area contributed by atoms with Crippen LogP contribution in [0.3, 0.4) is 0 Å². The van der Waals surface area contributed by atoms with Crippen molar-refractivity contribution in [2.45, 2.75) is 32.7 Å². The molecular weight excluding hydrogens is 322 g/mol. The van der Waals surface area contributed by atoms with E-state index < -0.39 is 0 Å². The van der Waals surface area contributed by atoms with Crippen molar-refractivity contribution in [1.82, 2.24) is 10.1 Å². The van der Waals surface area contributed by atoms with Crippen molar-refractivity contribution in [2.75, 3.05) is 0 Å². The Morgan fingerprint density at radius 2 is 1.50 bits per heavy atom. The number of benzene rings is 2. The van der Waals surface area contributed by atoms with Crippen LogP contribution in [0.4, 0.5) is 0 Å². The first-order valence-electron chi connectivity index (χ1n) is 7.98. The maximum Gasteiger partial charge on any atom is 0.227 e. The molecule has 0 fully saturated rings. The zero-order chi connectivity index (χ0) is 16.1. The summed E-state index contributed by atoms with van der Waals surface area (Å²) in [7, 11) is 0. The first kappa shape index (κ1) is 18.2. The highest BCUT2D eigenvalue weighted by atomic mass is 35.5. The van der Waals surface area contributed by atoms with E-state index in [-0.39, 0.29) is 12.4 Å². The maximum atomic E-state index is 5.61. The van der Waals surface area contributed by atoms with Gasteiger partial charge >= 0.3 is 0 Å². The Morgan fingerprint density at radius 1 is 0.875 bits per heavy atom. The van der Waals surface area contributed by atoms with Crippen molar-refractivity contribution in [2.24, 2.45) is 5.73 Å². The van der Waals surface area contributed by atoms with E-state index in [1.807, 2.05) is 24.3 Å². The molecule has 0 aliphatic carbocycles. The molecule has 24 heavy (non-hydrogen) atoms. The second kappa shape index (κ2) is 8.62. The van der Waals surface area contributed by atoms with Crippen LogP contribution in [0.15, 0.2) is 53.1 Å². The Labute approximate surface area is 148 Å². The number of hydrogen-bond donors (Lipinski definition) is 1. The Hall–Kier alpha value is -2.17. The van der Waals surface area contributed by atoms with Gasteiger partial charge in [0.2, 0.25) is 11.7 Å². The molecule has 0 bridgehead atoms. The van der Waals surface area contributed by atoms with E-state index in [1.165, 1.54) is 11.1 Å². The molecule has 3 aromatic rings. The number of aromatic nitrogens is 2. The summed E-state index contributed by atoms with van der Waals surface area (Å²) in [5.41, 5.74) is 10.3. The summed E-state index contributed by atoms with van der Waals surface area (Å²) < 4.78 is 5.36. The van der Waals surface area contributed by atoms with Crippen molar-refractivity contribution in [3.63, 3.8) is 0 Å². The Balaban J connectivity index is 0.00000208. The van der Waals surface area contributed by atoms with Crippen LogP contribution in [-0.2, 0) is 25.8 Å². The Kier molecular flexibility index (Phi) is 6.53. The molecule has 0 radical (unpaired) electrons. The van der Waals surface area contributed by atoms with Crippen LogP contribution in [-0.4, -0.2) is 10.1 Å². The lowest BCUT2D eigenvalue weighted by atomic mass is 10.1. The molecule has 2 aromatic carbocycles. The van der Waals surface area contributed by atoms with Gasteiger partial charge in [-0.2, -0.15) is 4.98 Å². The van der Waals surface area contributed by atoms with Crippen LogP contribution in [0.1, 0.15) is 29.5 Å². The fraction of sp³-hybridized carbons (Fsp3) is 0.263. The summed E-state index contributed by atoms with van der Waals surface area (Å²) in [6.45, 7) is 2.70. The van der Waals surface area contributed by atoms with Gasteiger partial charge in [-0.1, -0.05) is 60.6 Å². The SMILES string of the molecule is CCc1ccc(CCc2nc(-c3ccc(CN)cc3)no2)cc1.Cl. The predicted octanol–water partition coefficient (Wildman–Crippen LogP) is 3.96. The van der Waals surface area contributed by atoms with Crippen LogP contribution in [0.5, 0.6) is 0 Å². The summed E-state index contributed by atoms with van der Waals surface area (Å²) in [4.78, 5) is 4.48. The zero-order valence-electron chi connectivity index (χ0n) is 13.7. The van der Waals surface area contributed by atoms with Gasteiger partial charge in [0.25, 0.3) is 0 Å². The van der Waals surface area contributed by atoms with Crippen molar-refractivity contribution in [3.05, 3.63) is 71.1 Å². The first-order chi connectivity index (χ1) is 11.3. The molecule has 0 amide bonds. The molecule has 0 atom stereocenters. The van der Waals surface area contributed by atoms with E-state index in [0.717, 1.165) is 30.4 Å². The second-order valence-corrected chi connectivity index (χ2v) is 5.58. The minimum atomic E-state index is 0. The van der Waals surface area contributed by atoms with Crippen LogP contribution in [0.2, 0.25) is 0 Å². The molecule has 1 aromatic heterocycles. The number of nitrogens with two attached hydrogens (primary N) is 1.